The Kier molecular flexibility index (Phi) is 10.6. The number of carbonyl (C=O) groups excluding carboxylic acids is 1. The highest BCUT2D eigenvalue weighted by Crippen LogP contribution is 2.37. The van der Waals surface area contributed by atoms with E-state index in [1.54, 1.807) is 6.33 Å². The Morgan fingerprint density at radius 2 is 1.88 bits per heavy atom. The smallest absolute Gasteiger partial charge is 0.231 e. The third kappa shape index (κ3) is 6.28. The van der Waals surface area contributed by atoms with E-state index in [1.165, 1.54) is 11.3 Å². The first kappa shape index (κ1) is 27.6. The molecule has 1 aliphatic heterocycles. The molecule has 2 unspecified atom stereocenters. The fraction of sp³-hybridized carbons (Fsp3) is 0.522. The van der Waals surface area contributed by atoms with Gasteiger partial charge in [-0.2, -0.15) is 0 Å². The second-order valence-electron chi connectivity index (χ2n) is 8.34. The molecule has 2 N–H and O–H groups in total. The predicted octanol–water partition coefficient (Wildman–Crippen LogP) is 3.04. The zero-order valence-electron chi connectivity index (χ0n) is 18.7. The molecule has 2 atom stereocenters. The molecule has 1 aromatic heterocycles. The highest BCUT2D eigenvalue weighted by molar-refractivity contribution is 6.30. The minimum absolute atomic E-state index is 0. The summed E-state index contributed by atoms with van der Waals surface area (Å²) in [6, 6.07) is 7.46. The van der Waals surface area contributed by atoms with Gasteiger partial charge in [-0.15, -0.1) is 24.8 Å². The van der Waals surface area contributed by atoms with Gasteiger partial charge < -0.3 is 20.2 Å². The first-order valence-electron chi connectivity index (χ1n) is 11.0. The summed E-state index contributed by atoms with van der Waals surface area (Å²) in [5.41, 5.74) is 3.40. The Morgan fingerprint density at radius 3 is 2.55 bits per heavy atom. The molecule has 33 heavy (non-hydrogen) atoms. The lowest BCUT2D eigenvalue weighted by Crippen LogP contribution is -2.51. The lowest BCUT2D eigenvalue weighted by atomic mass is 9.97. The lowest BCUT2D eigenvalue weighted by Gasteiger charge is -2.38. The summed E-state index contributed by atoms with van der Waals surface area (Å²) in [6.45, 7) is 6.08. The van der Waals surface area contributed by atoms with Crippen LogP contribution in [0.1, 0.15) is 42.0 Å². The summed E-state index contributed by atoms with van der Waals surface area (Å²) in [4.78, 5) is 26.7. The van der Waals surface area contributed by atoms with Gasteiger partial charge in [-0.3, -0.25) is 4.79 Å². The number of rotatable bonds is 7. The van der Waals surface area contributed by atoms with Gasteiger partial charge in [0, 0.05) is 55.5 Å². The fourth-order valence-corrected chi connectivity index (χ4v) is 4.73. The first-order valence-corrected chi connectivity index (χ1v) is 11.4. The largest absolute Gasteiger partial charge is 0.395 e. The number of aliphatic hydroxyl groups excluding tert-OH is 1. The minimum Gasteiger partial charge on any atom is -0.395 e. The molecule has 0 radical (unpaired) electrons. The van der Waals surface area contributed by atoms with Crippen LogP contribution in [0.5, 0.6) is 0 Å². The number of aromatic nitrogens is 2. The number of hydrogen-bond acceptors (Lipinski definition) is 6. The van der Waals surface area contributed by atoms with E-state index in [9.17, 15) is 4.79 Å². The monoisotopic (exact) mass is 515 g/mol. The Labute approximate surface area is 212 Å². The average molecular weight is 517 g/mol. The molecule has 182 valence electrons. The number of nitrogens with zero attached hydrogens (tertiary/aromatic N) is 4. The summed E-state index contributed by atoms with van der Waals surface area (Å²) in [7, 11) is 0. The molecular formula is C23H32Cl3N5O2. The van der Waals surface area contributed by atoms with Crippen LogP contribution in [0.3, 0.4) is 0 Å². The van der Waals surface area contributed by atoms with Crippen molar-refractivity contribution in [1.29, 1.82) is 0 Å². The molecule has 0 spiro atoms. The van der Waals surface area contributed by atoms with E-state index in [-0.39, 0.29) is 43.2 Å². The van der Waals surface area contributed by atoms with E-state index in [2.05, 4.69) is 27.1 Å². The molecule has 10 heteroatoms. The van der Waals surface area contributed by atoms with Crippen LogP contribution >= 0.6 is 36.4 Å². The van der Waals surface area contributed by atoms with Crippen molar-refractivity contribution in [2.24, 2.45) is 0 Å². The Bertz CT molecular complexity index is 907. The highest BCUT2D eigenvalue weighted by Gasteiger charge is 2.31. The number of amides is 1. The molecule has 0 saturated carbocycles. The number of nitrogens with one attached hydrogen (secondary N) is 1. The Balaban J connectivity index is 0.00000193. The Morgan fingerprint density at radius 1 is 1.18 bits per heavy atom. The molecule has 2 aliphatic rings. The lowest BCUT2D eigenvalue weighted by molar-refractivity contribution is -0.133. The maximum Gasteiger partial charge on any atom is 0.231 e. The third-order valence-corrected chi connectivity index (χ3v) is 6.60. The van der Waals surface area contributed by atoms with Gasteiger partial charge in [0.1, 0.15) is 12.1 Å². The second-order valence-corrected chi connectivity index (χ2v) is 8.78. The normalized spacial score (nSPS) is 18.2. The van der Waals surface area contributed by atoms with Crippen LogP contribution in [-0.4, -0.2) is 71.8 Å². The zero-order valence-corrected chi connectivity index (χ0v) is 21.1. The fourth-order valence-electron chi connectivity index (χ4n) is 4.60. The van der Waals surface area contributed by atoms with E-state index in [0.717, 1.165) is 37.3 Å². The molecule has 0 bridgehead atoms. The summed E-state index contributed by atoms with van der Waals surface area (Å²) < 4.78 is 0. The quantitative estimate of drug-likeness (QED) is 0.551. The van der Waals surface area contributed by atoms with E-state index in [0.29, 0.717) is 37.1 Å². The van der Waals surface area contributed by atoms with Gasteiger partial charge in [-0.05, 0) is 36.5 Å². The first-order chi connectivity index (χ1) is 15.1. The summed E-state index contributed by atoms with van der Waals surface area (Å²) in [6.07, 6.45) is 3.82. The van der Waals surface area contributed by atoms with Crippen LogP contribution in [0.2, 0.25) is 5.02 Å². The van der Waals surface area contributed by atoms with Crippen molar-refractivity contribution in [3.05, 3.63) is 52.4 Å². The van der Waals surface area contributed by atoms with Crippen LogP contribution in [0.4, 0.5) is 5.82 Å². The molecular weight excluding hydrogens is 485 g/mol. The predicted molar refractivity (Wildman–Crippen MR) is 136 cm³/mol. The minimum atomic E-state index is -0.307. The molecule has 2 heterocycles. The van der Waals surface area contributed by atoms with Crippen molar-refractivity contribution in [3.8, 4) is 0 Å². The standard InChI is InChI=1S/C23H30ClN5O2.2ClH/c1-16-2-7-20-21(16)22(27-15-26-20)28-9-11-29(12-10-28)23(31)19(14-25-8-13-30)17-3-5-18(24)6-4-17;;/h3-6,15-16,19,25,30H,2,7-14H2,1H3;2*1H. The van der Waals surface area contributed by atoms with Crippen molar-refractivity contribution >= 4 is 48.1 Å². The summed E-state index contributed by atoms with van der Waals surface area (Å²) in [5, 5.41) is 12.9. The van der Waals surface area contributed by atoms with Crippen molar-refractivity contribution in [2.75, 3.05) is 50.8 Å². The van der Waals surface area contributed by atoms with E-state index >= 15 is 0 Å². The van der Waals surface area contributed by atoms with Crippen LogP contribution < -0.4 is 10.2 Å². The summed E-state index contributed by atoms with van der Waals surface area (Å²) in [5.74, 6) is 1.33. The molecule has 4 rings (SSSR count). The van der Waals surface area contributed by atoms with Gasteiger partial charge in [0.15, 0.2) is 0 Å². The summed E-state index contributed by atoms with van der Waals surface area (Å²) >= 11 is 6.04. The molecule has 2 aromatic rings. The van der Waals surface area contributed by atoms with Crippen LogP contribution in [0.15, 0.2) is 30.6 Å². The van der Waals surface area contributed by atoms with Crippen LogP contribution in [-0.2, 0) is 11.2 Å². The number of fused-ring (bicyclic) bond motifs is 1. The molecule has 1 aliphatic carbocycles. The number of anilines is 1. The van der Waals surface area contributed by atoms with Crippen LogP contribution in [0.25, 0.3) is 0 Å². The average Bonchev–Trinajstić information content (AvgIpc) is 3.18. The number of halogens is 3. The van der Waals surface area contributed by atoms with Gasteiger partial charge >= 0.3 is 0 Å². The number of piperazine rings is 1. The second kappa shape index (κ2) is 12.7. The van der Waals surface area contributed by atoms with Crippen molar-refractivity contribution in [3.63, 3.8) is 0 Å². The SMILES string of the molecule is CC1CCc2ncnc(N3CCN(C(=O)C(CNCCO)c4ccc(Cl)cc4)CC3)c21.Cl.Cl. The van der Waals surface area contributed by atoms with Crippen molar-refractivity contribution in [1.82, 2.24) is 20.2 Å². The van der Waals surface area contributed by atoms with Gasteiger partial charge in [0.2, 0.25) is 5.91 Å². The van der Waals surface area contributed by atoms with Gasteiger partial charge in [0.25, 0.3) is 0 Å². The number of hydrogen-bond donors (Lipinski definition) is 2. The molecule has 1 saturated heterocycles. The van der Waals surface area contributed by atoms with E-state index in [4.69, 9.17) is 16.7 Å². The third-order valence-electron chi connectivity index (χ3n) is 6.35. The molecule has 7 nitrogen and oxygen atoms in total. The number of aliphatic hydroxyl groups is 1. The van der Waals surface area contributed by atoms with Crippen molar-refractivity contribution < 1.29 is 9.90 Å². The Hall–Kier alpha value is -1.64. The molecule has 1 amide bonds. The number of carbonyl (C=O) groups is 1. The maximum absolute atomic E-state index is 13.4. The van der Waals surface area contributed by atoms with E-state index < -0.39 is 0 Å². The topological polar surface area (TPSA) is 81.6 Å². The van der Waals surface area contributed by atoms with Gasteiger partial charge in [0.05, 0.1) is 12.5 Å². The molecule has 1 aromatic carbocycles. The highest BCUT2D eigenvalue weighted by atomic mass is 35.5. The number of aryl methyl sites for hydroxylation is 1. The van der Waals surface area contributed by atoms with E-state index in [1.807, 2.05) is 29.2 Å². The zero-order chi connectivity index (χ0) is 21.8. The maximum atomic E-state index is 13.4. The van der Waals surface area contributed by atoms with Gasteiger partial charge in [-0.25, -0.2) is 9.97 Å². The number of benzene rings is 1. The van der Waals surface area contributed by atoms with Gasteiger partial charge in [-0.1, -0.05) is 30.7 Å². The van der Waals surface area contributed by atoms with Crippen LogP contribution in [0, 0.1) is 0 Å². The molecule has 1 fully saturated rings. The van der Waals surface area contributed by atoms with Crippen molar-refractivity contribution in [2.45, 2.75) is 31.6 Å².